The number of carbonyl (C=O) groups is 4. The fourth-order valence-electron chi connectivity index (χ4n) is 5.11. The third kappa shape index (κ3) is 5.91. The zero-order chi connectivity index (χ0) is 31.5. The molecule has 6 aromatic carbocycles. The Morgan fingerprint density at radius 1 is 0.467 bits per heavy atom. The minimum atomic E-state index is -1.35. The van der Waals surface area contributed by atoms with Crippen LogP contribution in [-0.4, -0.2) is 34.0 Å². The Hall–Kier alpha value is -6.48. The molecule has 0 atom stereocenters. The Morgan fingerprint density at radius 2 is 0.867 bits per heavy atom. The third-order valence-electron chi connectivity index (χ3n) is 7.24. The van der Waals surface area contributed by atoms with Gasteiger partial charge in [-0.3, -0.25) is 9.59 Å². The molecular formula is C36H24N2O7. The van der Waals surface area contributed by atoms with Crippen LogP contribution in [0.2, 0.25) is 0 Å². The molecule has 0 aromatic heterocycles. The summed E-state index contributed by atoms with van der Waals surface area (Å²) in [5, 5.41) is 28.8. The number of aromatic carboxylic acids is 2. The van der Waals surface area contributed by atoms with E-state index in [0.29, 0.717) is 11.4 Å². The van der Waals surface area contributed by atoms with Gasteiger partial charge in [-0.1, -0.05) is 72.8 Å². The van der Waals surface area contributed by atoms with Crippen LogP contribution in [-0.2, 0) is 0 Å². The summed E-state index contributed by atoms with van der Waals surface area (Å²) in [5.41, 5.74) is 0.259. The summed E-state index contributed by atoms with van der Waals surface area (Å²) in [6.07, 6.45) is 0. The summed E-state index contributed by atoms with van der Waals surface area (Å²) in [6, 6.07) is 33.6. The number of benzene rings is 6. The molecule has 0 bridgehead atoms. The molecule has 9 nitrogen and oxygen atoms in total. The van der Waals surface area contributed by atoms with Gasteiger partial charge in [-0.25, -0.2) is 9.59 Å². The topological polar surface area (TPSA) is 142 Å². The molecule has 0 radical (unpaired) electrons. The smallest absolute Gasteiger partial charge is 0.336 e. The number of rotatable bonds is 8. The first-order chi connectivity index (χ1) is 21.8. The molecular weight excluding hydrogens is 572 g/mol. The number of amides is 2. The van der Waals surface area contributed by atoms with Crippen LogP contribution in [0.5, 0.6) is 11.5 Å². The number of hydrogen-bond donors (Lipinski definition) is 4. The molecule has 2 amide bonds. The zero-order valence-electron chi connectivity index (χ0n) is 23.5. The highest BCUT2D eigenvalue weighted by Crippen LogP contribution is 2.29. The molecule has 6 rings (SSSR count). The van der Waals surface area contributed by atoms with E-state index >= 15 is 0 Å². The van der Waals surface area contributed by atoms with Crippen molar-refractivity contribution in [2.24, 2.45) is 0 Å². The van der Waals surface area contributed by atoms with E-state index in [9.17, 15) is 29.4 Å². The average molecular weight is 597 g/mol. The van der Waals surface area contributed by atoms with Gasteiger partial charge in [0.15, 0.2) is 0 Å². The van der Waals surface area contributed by atoms with E-state index < -0.39 is 23.8 Å². The maximum Gasteiger partial charge on any atom is 0.336 e. The number of ether oxygens (including phenoxy) is 1. The Balaban J connectivity index is 1.24. The van der Waals surface area contributed by atoms with Crippen molar-refractivity contribution in [3.63, 3.8) is 0 Å². The van der Waals surface area contributed by atoms with Crippen molar-refractivity contribution in [1.82, 2.24) is 0 Å². The first-order valence-corrected chi connectivity index (χ1v) is 13.8. The molecule has 0 saturated carbocycles. The normalized spacial score (nSPS) is 10.8. The number of carboxylic acid groups (broad SMARTS) is 2. The second-order valence-electron chi connectivity index (χ2n) is 10.1. The summed E-state index contributed by atoms with van der Waals surface area (Å²) in [6.45, 7) is 0. The number of anilines is 2. The van der Waals surface area contributed by atoms with Crippen molar-refractivity contribution < 1.29 is 34.1 Å². The Kier molecular flexibility index (Phi) is 7.65. The van der Waals surface area contributed by atoms with Gasteiger partial charge in [0, 0.05) is 22.1 Å². The molecule has 0 saturated heterocycles. The van der Waals surface area contributed by atoms with E-state index in [-0.39, 0.29) is 33.8 Å². The molecule has 0 aliphatic heterocycles. The number of hydrogen-bond acceptors (Lipinski definition) is 5. The van der Waals surface area contributed by atoms with Crippen molar-refractivity contribution in [2.75, 3.05) is 10.6 Å². The van der Waals surface area contributed by atoms with E-state index in [1.54, 1.807) is 24.3 Å². The van der Waals surface area contributed by atoms with Gasteiger partial charge in [0.2, 0.25) is 0 Å². The fourth-order valence-corrected chi connectivity index (χ4v) is 5.11. The molecule has 4 N–H and O–H groups in total. The molecule has 9 heteroatoms. The van der Waals surface area contributed by atoms with E-state index in [1.807, 2.05) is 60.7 Å². The SMILES string of the molecule is O=C(O)c1cc(Oc2ccc(C(=O)Nc3cccc4ccccc34)c(C(=O)O)c2)ccc1C(=O)Nc1cccc2ccccc12. The third-order valence-corrected chi connectivity index (χ3v) is 7.24. The van der Waals surface area contributed by atoms with E-state index in [1.165, 1.54) is 36.4 Å². The molecule has 0 fully saturated rings. The molecule has 0 unspecified atom stereocenters. The quantitative estimate of drug-likeness (QED) is 0.141. The van der Waals surface area contributed by atoms with E-state index in [2.05, 4.69) is 10.6 Å². The standard InChI is InChI=1S/C36H24N2O7/c39-33(37-31-13-5-9-21-7-1-3-11-25(21)31)27-17-15-23(19-29(27)35(41)42)45-24-16-18-28(30(20-24)36(43)44)34(40)38-32-14-6-10-22-8-2-4-12-26(22)32/h1-20H,(H,37,39)(H,38,40)(H,41,42)(H,43,44). The predicted octanol–water partition coefficient (Wildman–Crippen LogP) is 7.69. The van der Waals surface area contributed by atoms with Crippen LogP contribution in [0, 0.1) is 0 Å². The number of carboxylic acids is 2. The van der Waals surface area contributed by atoms with Crippen molar-refractivity contribution in [3.8, 4) is 11.5 Å². The van der Waals surface area contributed by atoms with Gasteiger partial charge in [0.05, 0.1) is 22.3 Å². The first kappa shape index (κ1) is 28.6. The summed E-state index contributed by atoms with van der Waals surface area (Å²) in [4.78, 5) is 50.6. The molecule has 0 aliphatic carbocycles. The van der Waals surface area contributed by atoms with Crippen LogP contribution in [0.15, 0.2) is 121 Å². The number of carbonyl (C=O) groups excluding carboxylic acids is 2. The molecule has 45 heavy (non-hydrogen) atoms. The highest BCUT2D eigenvalue weighted by Gasteiger charge is 2.21. The lowest BCUT2D eigenvalue weighted by Crippen LogP contribution is -2.17. The second-order valence-corrected chi connectivity index (χ2v) is 10.1. The van der Waals surface area contributed by atoms with Gasteiger partial charge in [0.25, 0.3) is 11.8 Å². The average Bonchev–Trinajstić information content (AvgIpc) is 3.05. The maximum absolute atomic E-state index is 13.2. The second kappa shape index (κ2) is 12.0. The van der Waals surface area contributed by atoms with Crippen LogP contribution in [0.4, 0.5) is 11.4 Å². The summed E-state index contributed by atoms with van der Waals surface area (Å²) in [7, 11) is 0. The van der Waals surface area contributed by atoms with E-state index in [0.717, 1.165) is 21.5 Å². The highest BCUT2D eigenvalue weighted by molar-refractivity contribution is 6.14. The van der Waals surface area contributed by atoms with E-state index in [4.69, 9.17) is 4.74 Å². The predicted molar refractivity (Wildman–Crippen MR) is 171 cm³/mol. The van der Waals surface area contributed by atoms with Gasteiger partial charge < -0.3 is 25.6 Å². The summed E-state index contributed by atoms with van der Waals surface area (Å²) < 4.78 is 5.79. The molecule has 0 heterocycles. The van der Waals surface area contributed by atoms with Crippen molar-refractivity contribution in [2.45, 2.75) is 0 Å². The minimum absolute atomic E-state index is 0.0541. The fraction of sp³-hybridized carbons (Fsp3) is 0. The van der Waals surface area contributed by atoms with Crippen LogP contribution < -0.4 is 15.4 Å². The molecule has 0 spiro atoms. The number of nitrogens with one attached hydrogen (secondary N) is 2. The van der Waals surface area contributed by atoms with Crippen LogP contribution >= 0.6 is 0 Å². The lowest BCUT2D eigenvalue weighted by atomic mass is 10.0. The minimum Gasteiger partial charge on any atom is -0.478 e. The molecule has 6 aromatic rings. The van der Waals surface area contributed by atoms with Gasteiger partial charge in [-0.15, -0.1) is 0 Å². The zero-order valence-corrected chi connectivity index (χ0v) is 23.5. The van der Waals surface area contributed by atoms with Gasteiger partial charge in [0.1, 0.15) is 11.5 Å². The first-order valence-electron chi connectivity index (χ1n) is 13.8. The summed E-state index contributed by atoms with van der Waals surface area (Å²) in [5.74, 6) is -3.84. The van der Waals surface area contributed by atoms with Gasteiger partial charge >= 0.3 is 11.9 Å². The van der Waals surface area contributed by atoms with Crippen molar-refractivity contribution in [1.29, 1.82) is 0 Å². The Morgan fingerprint density at radius 3 is 1.29 bits per heavy atom. The van der Waals surface area contributed by atoms with Crippen LogP contribution in [0.1, 0.15) is 41.4 Å². The van der Waals surface area contributed by atoms with Gasteiger partial charge in [-0.2, -0.15) is 0 Å². The van der Waals surface area contributed by atoms with Crippen LogP contribution in [0.3, 0.4) is 0 Å². The lowest BCUT2D eigenvalue weighted by molar-refractivity contribution is 0.0683. The van der Waals surface area contributed by atoms with Gasteiger partial charge in [-0.05, 0) is 59.3 Å². The lowest BCUT2D eigenvalue weighted by Gasteiger charge is -2.14. The Bertz CT molecular complexity index is 1990. The van der Waals surface area contributed by atoms with Crippen molar-refractivity contribution >= 4 is 56.7 Å². The highest BCUT2D eigenvalue weighted by atomic mass is 16.5. The Labute approximate surface area is 256 Å². The monoisotopic (exact) mass is 596 g/mol. The number of fused-ring (bicyclic) bond motifs is 2. The van der Waals surface area contributed by atoms with Crippen LogP contribution in [0.25, 0.3) is 21.5 Å². The molecule has 220 valence electrons. The summed E-state index contributed by atoms with van der Waals surface area (Å²) >= 11 is 0. The maximum atomic E-state index is 13.2. The molecule has 0 aliphatic rings. The van der Waals surface area contributed by atoms with Crippen molar-refractivity contribution in [3.05, 3.63) is 144 Å². The largest absolute Gasteiger partial charge is 0.478 e.